The van der Waals surface area contributed by atoms with Gasteiger partial charge in [0.2, 0.25) is 10.0 Å². The van der Waals surface area contributed by atoms with Gasteiger partial charge in [0.1, 0.15) is 10.9 Å². The topological polar surface area (TPSA) is 128 Å². The summed E-state index contributed by atoms with van der Waals surface area (Å²) in [7, 11) is -2.75. The Labute approximate surface area is 190 Å². The van der Waals surface area contributed by atoms with Gasteiger partial charge in [-0.2, -0.15) is 0 Å². The van der Waals surface area contributed by atoms with Gasteiger partial charge < -0.3 is 14.8 Å². The highest BCUT2D eigenvalue weighted by atomic mass is 35.5. The maximum absolute atomic E-state index is 12.5. The zero-order valence-corrected chi connectivity index (χ0v) is 19.6. The summed E-state index contributed by atoms with van der Waals surface area (Å²) in [6.45, 7) is 3.04. The molecule has 0 heterocycles. The van der Waals surface area contributed by atoms with Crippen molar-refractivity contribution >= 4 is 51.1 Å². The molecule has 1 atom stereocenters. The second-order valence-corrected chi connectivity index (χ2v) is 10.0. The zero-order chi connectivity index (χ0) is 23.3. The third-order valence-corrected chi connectivity index (χ3v) is 6.59. The molecular weight excluding hydrogens is 471 g/mol. The van der Waals surface area contributed by atoms with Crippen LogP contribution in [0.3, 0.4) is 0 Å². The lowest BCUT2D eigenvalue weighted by Crippen LogP contribution is -2.44. The van der Waals surface area contributed by atoms with Gasteiger partial charge in [-0.25, -0.2) is 22.7 Å². The standard InChI is InChI=1S/C19H24Cl2N2O7S/c1-10(2)6-15(19(26)29-3)22-17(24)9-30-18(25)12-7-16(14(21)8-13(12)20)31(27,28)23-11-4-5-11/h7-8,10-11,15,23H,4-6,9H2,1-3H3,(H,22,24). The van der Waals surface area contributed by atoms with Crippen molar-refractivity contribution in [2.24, 2.45) is 5.92 Å². The van der Waals surface area contributed by atoms with Crippen LogP contribution in [-0.4, -0.2) is 52.1 Å². The number of carbonyl (C=O) groups excluding carboxylic acids is 3. The van der Waals surface area contributed by atoms with Crippen molar-refractivity contribution in [2.45, 2.75) is 50.1 Å². The Hall–Kier alpha value is -1.88. The van der Waals surface area contributed by atoms with E-state index in [0.717, 1.165) is 25.0 Å². The zero-order valence-electron chi connectivity index (χ0n) is 17.2. The molecule has 1 aromatic rings. The van der Waals surface area contributed by atoms with Gasteiger partial charge in [0, 0.05) is 6.04 Å². The summed E-state index contributed by atoms with van der Waals surface area (Å²) in [6.07, 6.45) is 1.78. The van der Waals surface area contributed by atoms with Crippen molar-refractivity contribution in [3.8, 4) is 0 Å². The van der Waals surface area contributed by atoms with Gasteiger partial charge in [0.15, 0.2) is 6.61 Å². The minimum atomic E-state index is -3.95. The summed E-state index contributed by atoms with van der Waals surface area (Å²) in [5.74, 6) is -2.26. The molecule has 1 unspecified atom stereocenters. The maximum atomic E-state index is 12.5. The van der Waals surface area contributed by atoms with Crippen molar-refractivity contribution in [3.63, 3.8) is 0 Å². The number of carbonyl (C=O) groups is 3. The summed E-state index contributed by atoms with van der Waals surface area (Å²) >= 11 is 12.0. The van der Waals surface area contributed by atoms with E-state index in [1.54, 1.807) is 0 Å². The third kappa shape index (κ3) is 7.34. The minimum absolute atomic E-state index is 0.101. The molecule has 0 spiro atoms. The van der Waals surface area contributed by atoms with Crippen LogP contribution in [0, 0.1) is 5.92 Å². The molecule has 0 aliphatic heterocycles. The molecule has 2 N–H and O–H groups in total. The predicted molar refractivity (Wildman–Crippen MR) is 113 cm³/mol. The number of hydrogen-bond donors (Lipinski definition) is 2. The first-order valence-electron chi connectivity index (χ1n) is 9.50. The average molecular weight is 495 g/mol. The molecule has 9 nitrogen and oxygen atoms in total. The minimum Gasteiger partial charge on any atom is -0.467 e. The summed E-state index contributed by atoms with van der Waals surface area (Å²) in [6, 6.07) is 1.08. The van der Waals surface area contributed by atoms with Crippen molar-refractivity contribution in [1.29, 1.82) is 0 Å². The average Bonchev–Trinajstić information content (AvgIpc) is 3.47. The maximum Gasteiger partial charge on any atom is 0.340 e. The Morgan fingerprint density at radius 1 is 1.16 bits per heavy atom. The number of hydrogen-bond acceptors (Lipinski definition) is 7. The number of benzene rings is 1. The fraction of sp³-hybridized carbons (Fsp3) is 0.526. The Bertz CT molecular complexity index is 962. The Balaban J connectivity index is 2.08. The fourth-order valence-corrected chi connectivity index (χ4v) is 4.80. The molecule has 12 heteroatoms. The summed E-state index contributed by atoms with van der Waals surface area (Å²) in [5, 5.41) is 2.16. The van der Waals surface area contributed by atoms with Crippen LogP contribution in [0.2, 0.25) is 10.0 Å². The van der Waals surface area contributed by atoms with E-state index in [1.807, 2.05) is 13.8 Å². The van der Waals surface area contributed by atoms with Gasteiger partial charge in [0.05, 0.1) is 22.7 Å². The number of ether oxygens (including phenoxy) is 2. The van der Waals surface area contributed by atoms with Crippen LogP contribution >= 0.6 is 23.2 Å². The molecule has 1 aliphatic rings. The monoisotopic (exact) mass is 494 g/mol. The fourth-order valence-electron chi connectivity index (χ4n) is 2.65. The Kier molecular flexibility index (Phi) is 8.70. The molecular formula is C19H24Cl2N2O7S. The van der Waals surface area contributed by atoms with Crippen LogP contribution in [0.1, 0.15) is 43.5 Å². The number of nitrogens with one attached hydrogen (secondary N) is 2. The second kappa shape index (κ2) is 10.6. The van der Waals surface area contributed by atoms with Crippen molar-refractivity contribution in [3.05, 3.63) is 27.7 Å². The van der Waals surface area contributed by atoms with Crippen molar-refractivity contribution in [2.75, 3.05) is 13.7 Å². The first-order valence-corrected chi connectivity index (χ1v) is 11.7. The lowest BCUT2D eigenvalue weighted by molar-refractivity contribution is -0.145. The highest BCUT2D eigenvalue weighted by Crippen LogP contribution is 2.31. The van der Waals surface area contributed by atoms with Crippen LogP contribution in [-0.2, 0) is 29.1 Å². The molecule has 1 aliphatic carbocycles. The lowest BCUT2D eigenvalue weighted by Gasteiger charge is -2.18. The number of rotatable bonds is 10. The summed E-state index contributed by atoms with van der Waals surface area (Å²) in [4.78, 5) is 36.0. The molecule has 0 saturated heterocycles. The van der Waals surface area contributed by atoms with E-state index in [2.05, 4.69) is 14.8 Å². The molecule has 2 rings (SSSR count). The third-order valence-electron chi connectivity index (χ3n) is 4.29. The lowest BCUT2D eigenvalue weighted by atomic mass is 10.0. The molecule has 172 valence electrons. The van der Waals surface area contributed by atoms with E-state index in [0.29, 0.717) is 6.42 Å². The number of esters is 2. The smallest absolute Gasteiger partial charge is 0.340 e. The first-order chi connectivity index (χ1) is 14.4. The van der Waals surface area contributed by atoms with Gasteiger partial charge in [-0.1, -0.05) is 37.0 Å². The van der Waals surface area contributed by atoms with E-state index >= 15 is 0 Å². The normalized spacial score (nSPS) is 14.8. The molecule has 0 radical (unpaired) electrons. The second-order valence-electron chi connectivity index (χ2n) is 7.51. The number of sulfonamides is 1. The van der Waals surface area contributed by atoms with Gasteiger partial charge in [-0.15, -0.1) is 0 Å². The molecule has 0 bridgehead atoms. The summed E-state index contributed by atoms with van der Waals surface area (Å²) in [5.41, 5.74) is -0.262. The molecule has 1 saturated carbocycles. The molecule has 0 aromatic heterocycles. The van der Waals surface area contributed by atoms with Gasteiger partial charge in [0.25, 0.3) is 5.91 Å². The van der Waals surface area contributed by atoms with Crippen LogP contribution in [0.15, 0.2) is 17.0 Å². The van der Waals surface area contributed by atoms with Crippen LogP contribution in [0.5, 0.6) is 0 Å². The SMILES string of the molecule is COC(=O)C(CC(C)C)NC(=O)COC(=O)c1cc(S(=O)(=O)NC2CC2)c(Cl)cc1Cl. The molecule has 1 aromatic carbocycles. The quantitative estimate of drug-likeness (QED) is 0.477. The Morgan fingerprint density at radius 3 is 2.35 bits per heavy atom. The number of halogens is 2. The predicted octanol–water partition coefficient (Wildman–Crippen LogP) is 2.29. The van der Waals surface area contributed by atoms with Crippen LogP contribution in [0.25, 0.3) is 0 Å². The van der Waals surface area contributed by atoms with E-state index < -0.39 is 40.5 Å². The van der Waals surface area contributed by atoms with Gasteiger partial charge >= 0.3 is 11.9 Å². The molecule has 1 fully saturated rings. The van der Waals surface area contributed by atoms with E-state index in [9.17, 15) is 22.8 Å². The van der Waals surface area contributed by atoms with Gasteiger partial charge in [-0.3, -0.25) is 4.79 Å². The summed E-state index contributed by atoms with van der Waals surface area (Å²) < 4.78 is 37.0. The van der Waals surface area contributed by atoms with Crippen LogP contribution < -0.4 is 10.0 Å². The van der Waals surface area contributed by atoms with Crippen molar-refractivity contribution < 1.29 is 32.3 Å². The number of methoxy groups -OCH3 is 1. The van der Waals surface area contributed by atoms with E-state index in [4.69, 9.17) is 27.9 Å². The van der Waals surface area contributed by atoms with Gasteiger partial charge in [-0.05, 0) is 37.3 Å². The first kappa shape index (κ1) is 25.4. The van der Waals surface area contributed by atoms with E-state index in [-0.39, 0.29) is 32.5 Å². The number of amides is 1. The highest BCUT2D eigenvalue weighted by molar-refractivity contribution is 7.89. The van der Waals surface area contributed by atoms with Crippen molar-refractivity contribution in [1.82, 2.24) is 10.0 Å². The molecule has 1 amide bonds. The Morgan fingerprint density at radius 2 is 1.81 bits per heavy atom. The largest absolute Gasteiger partial charge is 0.467 e. The highest BCUT2D eigenvalue weighted by Gasteiger charge is 2.31. The van der Waals surface area contributed by atoms with E-state index in [1.165, 1.54) is 7.11 Å². The van der Waals surface area contributed by atoms with Crippen LogP contribution in [0.4, 0.5) is 0 Å². The molecule has 31 heavy (non-hydrogen) atoms.